The molecular weight excluding hydrogens is 198 g/mol. The molecule has 0 spiro atoms. The van der Waals surface area contributed by atoms with Crippen LogP contribution in [0.15, 0.2) is 18.2 Å². The topological polar surface area (TPSA) is 23.5 Å². The van der Waals surface area contributed by atoms with Gasteiger partial charge in [0.1, 0.15) is 0 Å². The van der Waals surface area contributed by atoms with Crippen molar-refractivity contribution in [3.63, 3.8) is 0 Å². The molecule has 0 radical (unpaired) electrons. The van der Waals surface area contributed by atoms with Crippen LogP contribution in [0, 0.1) is 0 Å². The van der Waals surface area contributed by atoms with Crippen LogP contribution in [0.4, 0.5) is 0 Å². The maximum Gasteiger partial charge on any atom is 0.0486 e. The first-order valence-electron chi connectivity index (χ1n) is 4.68. The second kappa shape index (κ2) is 4.78. The summed E-state index contributed by atoms with van der Waals surface area (Å²) in [5.41, 5.74) is 2.24. The van der Waals surface area contributed by atoms with E-state index in [-0.39, 0.29) is 0 Å². The molecule has 0 saturated heterocycles. The first-order valence-corrected chi connectivity index (χ1v) is 5.06. The molecule has 0 aliphatic heterocycles. The molecule has 0 saturated carbocycles. The van der Waals surface area contributed by atoms with E-state index < -0.39 is 0 Å². The molecule has 2 nitrogen and oxygen atoms in total. The predicted molar refractivity (Wildman–Crippen MR) is 58.8 cm³/mol. The summed E-state index contributed by atoms with van der Waals surface area (Å²) < 4.78 is 0. The summed E-state index contributed by atoms with van der Waals surface area (Å²) in [5, 5.41) is 11.0. The Bertz CT molecular complexity index is 310. The normalized spacial score (nSPS) is 11.4. The maximum absolute atomic E-state index is 9.12. The van der Waals surface area contributed by atoms with Crippen LogP contribution in [-0.2, 0) is 6.54 Å². The van der Waals surface area contributed by atoms with Gasteiger partial charge in [-0.3, -0.25) is 0 Å². The zero-order valence-corrected chi connectivity index (χ0v) is 9.54. The number of benzene rings is 1. The molecule has 14 heavy (non-hydrogen) atoms. The lowest BCUT2D eigenvalue weighted by Gasteiger charge is -2.12. The van der Waals surface area contributed by atoms with E-state index in [9.17, 15) is 0 Å². The third kappa shape index (κ3) is 3.29. The van der Waals surface area contributed by atoms with Crippen molar-refractivity contribution in [3.05, 3.63) is 34.3 Å². The number of hydrogen-bond donors (Lipinski definition) is 1. The Morgan fingerprint density at radius 3 is 2.50 bits per heavy atom. The summed E-state index contributed by atoms with van der Waals surface area (Å²) in [4.78, 5) is 0. The van der Waals surface area contributed by atoms with E-state index >= 15 is 0 Å². The van der Waals surface area contributed by atoms with Crippen LogP contribution >= 0.6 is 11.6 Å². The van der Waals surface area contributed by atoms with Gasteiger partial charge in [-0.2, -0.15) is 5.06 Å². The van der Waals surface area contributed by atoms with Crippen LogP contribution in [0.25, 0.3) is 0 Å². The Labute approximate surface area is 90.1 Å². The first-order chi connectivity index (χ1) is 6.49. The summed E-state index contributed by atoms with van der Waals surface area (Å²) in [6, 6.07) is 5.91. The highest BCUT2D eigenvalue weighted by atomic mass is 35.5. The molecule has 0 bridgehead atoms. The van der Waals surface area contributed by atoms with E-state index in [4.69, 9.17) is 16.8 Å². The second-order valence-electron chi connectivity index (χ2n) is 3.86. The highest BCUT2D eigenvalue weighted by molar-refractivity contribution is 6.30. The van der Waals surface area contributed by atoms with Gasteiger partial charge in [0.25, 0.3) is 0 Å². The van der Waals surface area contributed by atoms with Crippen molar-refractivity contribution < 1.29 is 5.21 Å². The number of nitrogens with zero attached hydrogens (tertiary/aromatic N) is 1. The number of rotatable bonds is 3. The number of hydrogen-bond acceptors (Lipinski definition) is 2. The van der Waals surface area contributed by atoms with Gasteiger partial charge in [0.2, 0.25) is 0 Å². The van der Waals surface area contributed by atoms with Crippen molar-refractivity contribution in [1.82, 2.24) is 5.06 Å². The van der Waals surface area contributed by atoms with Crippen molar-refractivity contribution in [2.75, 3.05) is 7.05 Å². The molecule has 0 aliphatic carbocycles. The molecule has 3 heteroatoms. The zero-order valence-electron chi connectivity index (χ0n) is 8.79. The Kier molecular flexibility index (Phi) is 3.93. The van der Waals surface area contributed by atoms with Gasteiger partial charge in [-0.15, -0.1) is 0 Å². The third-order valence-corrected chi connectivity index (χ3v) is 2.28. The fourth-order valence-electron chi connectivity index (χ4n) is 1.36. The van der Waals surface area contributed by atoms with E-state index in [1.54, 1.807) is 7.05 Å². The average molecular weight is 214 g/mol. The summed E-state index contributed by atoms with van der Waals surface area (Å²) in [6.07, 6.45) is 0. The van der Waals surface area contributed by atoms with E-state index in [1.807, 2.05) is 12.1 Å². The van der Waals surface area contributed by atoms with Crippen LogP contribution in [-0.4, -0.2) is 17.3 Å². The summed E-state index contributed by atoms with van der Waals surface area (Å²) in [7, 11) is 1.62. The standard InChI is InChI=1S/C11H16ClNO/c1-8(2)10-4-9(7-13(3)14)5-11(12)6-10/h4-6,8,14H,7H2,1-3H3. The first kappa shape index (κ1) is 11.5. The van der Waals surface area contributed by atoms with Crippen LogP contribution in [0.5, 0.6) is 0 Å². The van der Waals surface area contributed by atoms with Crippen LogP contribution in [0.3, 0.4) is 0 Å². The lowest BCUT2D eigenvalue weighted by Crippen LogP contribution is -2.11. The van der Waals surface area contributed by atoms with Gasteiger partial charge in [-0.25, -0.2) is 0 Å². The van der Waals surface area contributed by atoms with E-state index in [0.717, 1.165) is 15.6 Å². The molecule has 1 aromatic carbocycles. The Morgan fingerprint density at radius 1 is 1.36 bits per heavy atom. The molecule has 0 aliphatic rings. The lowest BCUT2D eigenvalue weighted by molar-refractivity contribution is -0.0731. The summed E-state index contributed by atoms with van der Waals surface area (Å²) in [5.74, 6) is 0.455. The fourth-order valence-corrected chi connectivity index (χ4v) is 1.63. The Hall–Kier alpha value is -0.570. The molecule has 1 N–H and O–H groups in total. The summed E-state index contributed by atoms with van der Waals surface area (Å²) in [6.45, 7) is 4.75. The van der Waals surface area contributed by atoms with E-state index in [1.165, 1.54) is 5.56 Å². The molecule has 1 aromatic rings. The molecule has 0 amide bonds. The van der Waals surface area contributed by atoms with Gasteiger partial charge in [0.05, 0.1) is 0 Å². The molecule has 0 unspecified atom stereocenters. The average Bonchev–Trinajstić information content (AvgIpc) is 2.01. The smallest absolute Gasteiger partial charge is 0.0486 e. The van der Waals surface area contributed by atoms with Crippen molar-refractivity contribution in [1.29, 1.82) is 0 Å². The van der Waals surface area contributed by atoms with Crippen LogP contribution < -0.4 is 0 Å². The molecule has 0 atom stereocenters. The number of halogens is 1. The Balaban J connectivity index is 2.95. The molecule has 0 aromatic heterocycles. The predicted octanol–water partition coefficient (Wildman–Crippen LogP) is 3.28. The Morgan fingerprint density at radius 2 is 2.00 bits per heavy atom. The summed E-state index contributed by atoms with van der Waals surface area (Å²) >= 11 is 5.98. The minimum Gasteiger partial charge on any atom is -0.314 e. The third-order valence-electron chi connectivity index (χ3n) is 2.06. The van der Waals surface area contributed by atoms with E-state index in [2.05, 4.69) is 19.9 Å². The quantitative estimate of drug-likeness (QED) is 0.779. The van der Waals surface area contributed by atoms with Gasteiger partial charge < -0.3 is 5.21 Å². The van der Waals surface area contributed by atoms with Gasteiger partial charge in [0.15, 0.2) is 0 Å². The monoisotopic (exact) mass is 213 g/mol. The highest BCUT2D eigenvalue weighted by Crippen LogP contribution is 2.21. The van der Waals surface area contributed by atoms with Crippen molar-refractivity contribution in [3.8, 4) is 0 Å². The fraction of sp³-hybridized carbons (Fsp3) is 0.455. The van der Waals surface area contributed by atoms with Crippen molar-refractivity contribution in [2.24, 2.45) is 0 Å². The van der Waals surface area contributed by atoms with Gasteiger partial charge in [-0.1, -0.05) is 31.5 Å². The van der Waals surface area contributed by atoms with E-state index in [0.29, 0.717) is 12.5 Å². The second-order valence-corrected chi connectivity index (χ2v) is 4.30. The molecule has 1 rings (SSSR count). The van der Waals surface area contributed by atoms with Crippen molar-refractivity contribution in [2.45, 2.75) is 26.3 Å². The molecule has 0 fully saturated rings. The highest BCUT2D eigenvalue weighted by Gasteiger charge is 2.04. The van der Waals surface area contributed by atoms with Crippen LogP contribution in [0.1, 0.15) is 30.9 Å². The minimum absolute atomic E-state index is 0.455. The molecular formula is C11H16ClNO. The molecule has 78 valence electrons. The van der Waals surface area contributed by atoms with Crippen LogP contribution in [0.2, 0.25) is 5.02 Å². The van der Waals surface area contributed by atoms with Gasteiger partial charge >= 0.3 is 0 Å². The number of hydroxylamine groups is 2. The van der Waals surface area contributed by atoms with Gasteiger partial charge in [-0.05, 0) is 29.2 Å². The minimum atomic E-state index is 0.455. The molecule has 0 heterocycles. The van der Waals surface area contributed by atoms with Gasteiger partial charge in [0, 0.05) is 18.6 Å². The maximum atomic E-state index is 9.12. The zero-order chi connectivity index (χ0) is 10.7. The lowest BCUT2D eigenvalue weighted by atomic mass is 10.0. The largest absolute Gasteiger partial charge is 0.314 e. The van der Waals surface area contributed by atoms with Crippen molar-refractivity contribution >= 4 is 11.6 Å². The SMILES string of the molecule is CC(C)c1cc(Cl)cc(CN(C)O)c1.